The van der Waals surface area contributed by atoms with Crippen LogP contribution < -0.4 is 15.4 Å². The first-order valence-corrected chi connectivity index (χ1v) is 6.49. The van der Waals surface area contributed by atoms with Crippen molar-refractivity contribution < 1.29 is 9.47 Å². The summed E-state index contributed by atoms with van der Waals surface area (Å²) in [7, 11) is 4.93. The summed E-state index contributed by atoms with van der Waals surface area (Å²) in [5, 5.41) is 6.41. The van der Waals surface area contributed by atoms with Crippen LogP contribution in [0.25, 0.3) is 5.57 Å². The Balaban J connectivity index is 0.000000573. The lowest BCUT2D eigenvalue weighted by Gasteiger charge is -2.16. The van der Waals surface area contributed by atoms with Gasteiger partial charge in [-0.3, -0.25) is 5.32 Å². The summed E-state index contributed by atoms with van der Waals surface area (Å²) in [6.07, 6.45) is 2.05. The van der Waals surface area contributed by atoms with E-state index in [-0.39, 0.29) is 0 Å². The minimum absolute atomic E-state index is 0.847. The molecule has 0 saturated carbocycles. The van der Waals surface area contributed by atoms with Gasteiger partial charge in [0.2, 0.25) is 0 Å². The fraction of sp³-hybridized carbons (Fsp3) is 0.467. The van der Waals surface area contributed by atoms with E-state index in [4.69, 9.17) is 4.74 Å². The highest BCUT2D eigenvalue weighted by molar-refractivity contribution is 5.67. The number of hydrogen-bond acceptors (Lipinski definition) is 4. The van der Waals surface area contributed by atoms with Crippen molar-refractivity contribution in [2.45, 2.75) is 13.8 Å². The van der Waals surface area contributed by atoms with Gasteiger partial charge in [0, 0.05) is 27.0 Å². The van der Waals surface area contributed by atoms with Gasteiger partial charge in [-0.05, 0) is 23.3 Å². The summed E-state index contributed by atoms with van der Waals surface area (Å²) < 4.78 is 9.36. The van der Waals surface area contributed by atoms with Crippen LogP contribution in [0.3, 0.4) is 0 Å². The molecule has 2 rings (SSSR count). The van der Waals surface area contributed by atoms with Gasteiger partial charge in [0.15, 0.2) is 0 Å². The van der Waals surface area contributed by atoms with Crippen LogP contribution in [0.4, 0.5) is 0 Å². The summed E-state index contributed by atoms with van der Waals surface area (Å²) >= 11 is 0. The Hall–Kier alpha value is -1.52. The quantitative estimate of drug-likeness (QED) is 0.863. The molecule has 0 amide bonds. The van der Waals surface area contributed by atoms with Crippen LogP contribution in [0.5, 0.6) is 5.75 Å². The Morgan fingerprint density at radius 3 is 2.00 bits per heavy atom. The lowest BCUT2D eigenvalue weighted by atomic mass is 10.1. The van der Waals surface area contributed by atoms with E-state index in [1.165, 1.54) is 11.1 Å². The molecule has 1 aromatic rings. The van der Waals surface area contributed by atoms with Crippen LogP contribution in [0.1, 0.15) is 19.4 Å². The van der Waals surface area contributed by atoms with Gasteiger partial charge in [-0.2, -0.15) is 0 Å². The largest absolute Gasteiger partial charge is 0.497 e. The summed E-state index contributed by atoms with van der Waals surface area (Å²) in [5.74, 6) is 0.895. The van der Waals surface area contributed by atoms with Crippen LogP contribution in [0, 0.1) is 0 Å². The van der Waals surface area contributed by atoms with Crippen molar-refractivity contribution in [2.75, 3.05) is 34.5 Å². The first-order valence-electron chi connectivity index (χ1n) is 6.49. The van der Waals surface area contributed by atoms with Gasteiger partial charge in [0.1, 0.15) is 5.75 Å². The van der Waals surface area contributed by atoms with Gasteiger partial charge in [-0.1, -0.05) is 26.0 Å². The van der Waals surface area contributed by atoms with Crippen LogP contribution in [-0.4, -0.2) is 34.5 Å². The predicted octanol–water partition coefficient (Wildman–Crippen LogP) is 2.48. The summed E-state index contributed by atoms with van der Waals surface area (Å²) in [5.41, 5.74) is 2.50. The summed E-state index contributed by atoms with van der Waals surface area (Å²) in [6.45, 7) is 5.76. The number of rotatable bonds is 2. The predicted molar refractivity (Wildman–Crippen MR) is 81.3 cm³/mol. The molecule has 1 aliphatic rings. The van der Waals surface area contributed by atoms with Gasteiger partial charge in [-0.15, -0.1) is 0 Å². The number of hydrogen-bond donors (Lipinski definition) is 2. The Morgan fingerprint density at radius 2 is 1.58 bits per heavy atom. The van der Waals surface area contributed by atoms with Crippen molar-refractivity contribution in [1.29, 1.82) is 0 Å². The van der Waals surface area contributed by atoms with Crippen LogP contribution >= 0.6 is 0 Å². The molecule has 0 aliphatic carbocycles. The standard InChI is InChI=1S/C11H14N2O.C2H6O.C2H6/c1-14-11-4-2-9(3-5-11)10-6-12-8-13-7-10;1-3-2;1-2/h2-6,12-13H,7-8H2,1H3;1-2H3;1-2H3. The minimum atomic E-state index is 0.847. The van der Waals surface area contributed by atoms with E-state index in [0.29, 0.717) is 0 Å². The zero-order valence-electron chi connectivity index (χ0n) is 12.6. The fourth-order valence-corrected chi connectivity index (χ4v) is 1.49. The molecule has 19 heavy (non-hydrogen) atoms. The molecule has 2 N–H and O–H groups in total. The molecule has 0 unspecified atom stereocenters. The smallest absolute Gasteiger partial charge is 0.118 e. The zero-order valence-corrected chi connectivity index (χ0v) is 12.6. The molecule has 0 radical (unpaired) electrons. The third kappa shape index (κ3) is 6.84. The van der Waals surface area contributed by atoms with Gasteiger partial charge < -0.3 is 14.8 Å². The van der Waals surface area contributed by atoms with Gasteiger partial charge in [0.05, 0.1) is 13.8 Å². The average molecular weight is 266 g/mol. The average Bonchev–Trinajstić information content (AvgIpc) is 2.51. The van der Waals surface area contributed by atoms with Crippen molar-refractivity contribution in [1.82, 2.24) is 10.6 Å². The third-order valence-electron chi connectivity index (χ3n) is 2.28. The van der Waals surface area contributed by atoms with Crippen molar-refractivity contribution in [3.63, 3.8) is 0 Å². The van der Waals surface area contributed by atoms with Crippen molar-refractivity contribution in [3.05, 3.63) is 36.0 Å². The third-order valence-corrected chi connectivity index (χ3v) is 2.28. The van der Waals surface area contributed by atoms with Crippen LogP contribution in [0.2, 0.25) is 0 Å². The highest BCUT2D eigenvalue weighted by atomic mass is 16.5. The van der Waals surface area contributed by atoms with Crippen molar-refractivity contribution >= 4 is 5.57 Å². The van der Waals surface area contributed by atoms with Crippen LogP contribution in [0.15, 0.2) is 30.5 Å². The topological polar surface area (TPSA) is 42.5 Å². The molecule has 1 aliphatic heterocycles. The molecule has 0 fully saturated rings. The van der Waals surface area contributed by atoms with E-state index in [9.17, 15) is 0 Å². The second-order valence-electron chi connectivity index (χ2n) is 3.61. The zero-order chi connectivity index (χ0) is 14.5. The van der Waals surface area contributed by atoms with Gasteiger partial charge in [0.25, 0.3) is 0 Å². The molecule has 0 atom stereocenters. The molecular weight excluding hydrogens is 240 g/mol. The fourth-order valence-electron chi connectivity index (χ4n) is 1.49. The van der Waals surface area contributed by atoms with E-state index in [2.05, 4.69) is 33.7 Å². The molecule has 0 aromatic heterocycles. The maximum absolute atomic E-state index is 5.11. The first kappa shape index (κ1) is 17.5. The molecule has 108 valence electrons. The normalized spacial score (nSPS) is 12.8. The maximum atomic E-state index is 5.11. The van der Waals surface area contributed by atoms with Crippen LogP contribution in [-0.2, 0) is 4.74 Å². The van der Waals surface area contributed by atoms with Crippen molar-refractivity contribution in [3.8, 4) is 5.75 Å². The lowest BCUT2D eigenvalue weighted by molar-refractivity contribution is 0.277. The van der Waals surface area contributed by atoms with Crippen molar-refractivity contribution in [2.24, 2.45) is 0 Å². The molecule has 1 aromatic carbocycles. The SMILES string of the molecule is CC.COC.COc1ccc(C2=CNCNC2)cc1. The van der Waals surface area contributed by atoms with Gasteiger partial charge in [-0.25, -0.2) is 0 Å². The Bertz CT molecular complexity index is 348. The number of nitrogens with one attached hydrogen (secondary N) is 2. The second-order valence-corrected chi connectivity index (χ2v) is 3.61. The Morgan fingerprint density at radius 1 is 1.00 bits per heavy atom. The number of methoxy groups -OCH3 is 2. The number of ether oxygens (including phenoxy) is 2. The van der Waals surface area contributed by atoms with E-state index in [0.717, 1.165) is 19.0 Å². The van der Waals surface area contributed by atoms with E-state index in [1.54, 1.807) is 21.3 Å². The molecule has 0 spiro atoms. The lowest BCUT2D eigenvalue weighted by Crippen LogP contribution is -2.31. The Labute approximate surface area is 116 Å². The Kier molecular flexibility index (Phi) is 10.6. The van der Waals surface area contributed by atoms with Gasteiger partial charge >= 0.3 is 0 Å². The molecule has 1 heterocycles. The second kappa shape index (κ2) is 11.6. The maximum Gasteiger partial charge on any atom is 0.118 e. The molecular formula is C15H26N2O2. The molecule has 4 nitrogen and oxygen atoms in total. The highest BCUT2D eigenvalue weighted by Gasteiger charge is 2.04. The number of benzene rings is 1. The first-order chi connectivity index (χ1) is 9.31. The summed E-state index contributed by atoms with van der Waals surface area (Å²) in [6, 6.07) is 8.09. The van der Waals surface area contributed by atoms with E-state index >= 15 is 0 Å². The van der Waals surface area contributed by atoms with E-state index in [1.807, 2.05) is 26.0 Å². The van der Waals surface area contributed by atoms with E-state index < -0.39 is 0 Å². The summed E-state index contributed by atoms with van der Waals surface area (Å²) in [4.78, 5) is 0. The minimum Gasteiger partial charge on any atom is -0.497 e. The molecule has 4 heteroatoms. The molecule has 0 bridgehead atoms. The highest BCUT2D eigenvalue weighted by Crippen LogP contribution is 2.18. The molecule has 0 saturated heterocycles. The monoisotopic (exact) mass is 266 g/mol.